The molecular weight excluding hydrogens is 346 g/mol. The number of para-hydroxylation sites is 1. The maximum atomic E-state index is 13.1. The van der Waals surface area contributed by atoms with E-state index in [4.69, 9.17) is 0 Å². The second-order valence-electron chi connectivity index (χ2n) is 8.31. The zero-order valence-corrected chi connectivity index (χ0v) is 16.4. The molecule has 1 aliphatic carbocycles. The third kappa shape index (κ3) is 3.12. The minimum atomic E-state index is 0.0951. The van der Waals surface area contributed by atoms with Gasteiger partial charge in [0.2, 0.25) is 0 Å². The number of nitrogens with zero attached hydrogens (tertiary/aromatic N) is 2. The molecule has 1 fully saturated rings. The highest BCUT2D eigenvalue weighted by molar-refractivity contribution is 5.98. The van der Waals surface area contributed by atoms with Crippen LogP contribution < -0.4 is 0 Å². The van der Waals surface area contributed by atoms with Crippen molar-refractivity contribution < 1.29 is 4.79 Å². The lowest BCUT2D eigenvalue weighted by Gasteiger charge is -2.40. The zero-order chi connectivity index (χ0) is 19.1. The first-order chi connectivity index (χ1) is 13.7. The van der Waals surface area contributed by atoms with Gasteiger partial charge in [-0.2, -0.15) is 0 Å². The molecule has 0 radical (unpaired) electrons. The van der Waals surface area contributed by atoms with Crippen molar-refractivity contribution in [1.82, 2.24) is 14.8 Å². The lowest BCUT2D eigenvalue weighted by molar-refractivity contribution is 0.0551. The molecule has 0 saturated carbocycles. The SMILES string of the molecule is CN(C(=O)c1cc2ccccc2[nH]1)[C@H]1CCCN(C2Cc3ccccc3C2)C1. The van der Waals surface area contributed by atoms with Gasteiger partial charge < -0.3 is 9.88 Å². The number of benzene rings is 2. The molecule has 1 aromatic heterocycles. The molecule has 4 heteroatoms. The van der Waals surface area contributed by atoms with Gasteiger partial charge in [-0.3, -0.25) is 9.69 Å². The standard InChI is InChI=1S/C24H27N3O/c1-26(24(28)23-15-19-9-4-5-11-22(19)25-23)20-10-6-12-27(16-20)21-13-17-7-2-3-8-18(17)14-21/h2-5,7-9,11,15,20-21,25H,6,10,12-14,16H2,1H3/t20-/m0/s1. The van der Waals surface area contributed by atoms with E-state index in [9.17, 15) is 4.79 Å². The van der Waals surface area contributed by atoms with Crippen LogP contribution in [-0.2, 0) is 12.8 Å². The molecule has 1 N–H and O–H groups in total. The Bertz CT molecular complexity index is 950. The second-order valence-corrected chi connectivity index (χ2v) is 8.31. The maximum Gasteiger partial charge on any atom is 0.270 e. The number of hydrogen-bond acceptors (Lipinski definition) is 2. The smallest absolute Gasteiger partial charge is 0.270 e. The van der Waals surface area contributed by atoms with Crippen LogP contribution >= 0.6 is 0 Å². The Morgan fingerprint density at radius 1 is 1.07 bits per heavy atom. The number of fused-ring (bicyclic) bond motifs is 2. The molecule has 0 bridgehead atoms. The van der Waals surface area contributed by atoms with Crippen LogP contribution in [0.15, 0.2) is 54.6 Å². The van der Waals surface area contributed by atoms with Crippen LogP contribution in [0.4, 0.5) is 0 Å². The van der Waals surface area contributed by atoms with Crippen LogP contribution in [-0.4, -0.2) is 52.9 Å². The summed E-state index contributed by atoms with van der Waals surface area (Å²) in [5.74, 6) is 0.0951. The number of aromatic nitrogens is 1. The van der Waals surface area contributed by atoms with Crippen LogP contribution in [0.25, 0.3) is 10.9 Å². The summed E-state index contributed by atoms with van der Waals surface area (Å²) >= 11 is 0. The maximum absolute atomic E-state index is 13.1. The summed E-state index contributed by atoms with van der Waals surface area (Å²) in [7, 11) is 1.96. The fourth-order valence-electron chi connectivity index (χ4n) is 4.97. The van der Waals surface area contributed by atoms with Crippen molar-refractivity contribution in [2.75, 3.05) is 20.1 Å². The first-order valence-electron chi connectivity index (χ1n) is 10.3. The Morgan fingerprint density at radius 2 is 1.79 bits per heavy atom. The topological polar surface area (TPSA) is 39.3 Å². The summed E-state index contributed by atoms with van der Waals surface area (Å²) in [6.07, 6.45) is 4.52. The van der Waals surface area contributed by atoms with Gasteiger partial charge in [-0.15, -0.1) is 0 Å². The number of carbonyl (C=O) groups excluding carboxylic acids is 1. The summed E-state index contributed by atoms with van der Waals surface area (Å²) < 4.78 is 0. The molecule has 2 aromatic carbocycles. The molecular formula is C24H27N3O. The van der Waals surface area contributed by atoms with E-state index < -0.39 is 0 Å². The first kappa shape index (κ1) is 17.5. The molecule has 4 nitrogen and oxygen atoms in total. The minimum absolute atomic E-state index is 0.0951. The predicted molar refractivity (Wildman–Crippen MR) is 113 cm³/mol. The van der Waals surface area contributed by atoms with E-state index in [2.05, 4.69) is 34.1 Å². The number of nitrogens with one attached hydrogen (secondary N) is 1. The van der Waals surface area contributed by atoms with Gasteiger partial charge in [0.05, 0.1) is 0 Å². The summed E-state index contributed by atoms with van der Waals surface area (Å²) in [4.78, 5) is 21.0. The number of likely N-dealkylation sites (tertiary alicyclic amines) is 1. The Labute approximate surface area is 166 Å². The molecule has 0 unspecified atom stereocenters. The Hall–Kier alpha value is -2.59. The van der Waals surface area contributed by atoms with Gasteiger partial charge in [0.15, 0.2) is 0 Å². The summed E-state index contributed by atoms with van der Waals surface area (Å²) in [6.45, 7) is 2.12. The Balaban J connectivity index is 1.29. The summed E-state index contributed by atoms with van der Waals surface area (Å²) in [5, 5.41) is 1.09. The van der Waals surface area contributed by atoms with Crippen molar-refractivity contribution in [3.63, 3.8) is 0 Å². The van der Waals surface area contributed by atoms with Gasteiger partial charge in [-0.05, 0) is 55.5 Å². The highest BCUT2D eigenvalue weighted by Gasteiger charge is 2.33. The normalized spacial score (nSPS) is 20.4. The van der Waals surface area contributed by atoms with Crippen LogP contribution in [0.1, 0.15) is 34.5 Å². The second kappa shape index (κ2) is 7.10. The predicted octanol–water partition coefficient (Wildman–Crippen LogP) is 3.87. The number of piperidine rings is 1. The Kier molecular flexibility index (Phi) is 4.44. The number of H-pyrrole nitrogens is 1. The van der Waals surface area contributed by atoms with E-state index in [1.807, 2.05) is 42.3 Å². The molecule has 5 rings (SSSR count). The Morgan fingerprint density at radius 3 is 2.54 bits per heavy atom. The van der Waals surface area contributed by atoms with E-state index in [1.54, 1.807) is 0 Å². The molecule has 1 aliphatic heterocycles. The molecule has 28 heavy (non-hydrogen) atoms. The monoisotopic (exact) mass is 373 g/mol. The fraction of sp³-hybridized carbons (Fsp3) is 0.375. The van der Waals surface area contributed by atoms with Crippen LogP contribution in [0.3, 0.4) is 0 Å². The fourth-order valence-corrected chi connectivity index (χ4v) is 4.97. The molecule has 1 amide bonds. The van der Waals surface area contributed by atoms with Crippen LogP contribution in [0.5, 0.6) is 0 Å². The van der Waals surface area contributed by atoms with E-state index in [-0.39, 0.29) is 11.9 Å². The largest absolute Gasteiger partial charge is 0.351 e. The highest BCUT2D eigenvalue weighted by Crippen LogP contribution is 2.28. The number of aromatic amines is 1. The zero-order valence-electron chi connectivity index (χ0n) is 16.4. The van der Waals surface area contributed by atoms with Gasteiger partial charge >= 0.3 is 0 Å². The van der Waals surface area contributed by atoms with E-state index in [0.717, 1.165) is 49.7 Å². The third-order valence-corrected chi connectivity index (χ3v) is 6.60. The average Bonchev–Trinajstić information content (AvgIpc) is 3.37. The van der Waals surface area contributed by atoms with E-state index >= 15 is 0 Å². The van der Waals surface area contributed by atoms with Gasteiger partial charge in [-0.1, -0.05) is 42.5 Å². The number of carbonyl (C=O) groups is 1. The summed E-state index contributed by atoms with van der Waals surface area (Å²) in [5.41, 5.74) is 4.71. The number of likely N-dealkylation sites (N-methyl/N-ethyl adjacent to an activating group) is 1. The van der Waals surface area contributed by atoms with Crippen molar-refractivity contribution >= 4 is 16.8 Å². The molecule has 3 aromatic rings. The van der Waals surface area contributed by atoms with E-state index in [1.165, 1.54) is 11.1 Å². The first-order valence-corrected chi connectivity index (χ1v) is 10.3. The summed E-state index contributed by atoms with van der Waals surface area (Å²) in [6, 6.07) is 19.7. The van der Waals surface area contributed by atoms with Crippen molar-refractivity contribution in [2.24, 2.45) is 0 Å². The lowest BCUT2D eigenvalue weighted by Crippen LogP contribution is -2.51. The molecule has 2 heterocycles. The highest BCUT2D eigenvalue weighted by atomic mass is 16.2. The van der Waals surface area contributed by atoms with E-state index in [0.29, 0.717) is 11.7 Å². The van der Waals surface area contributed by atoms with Crippen molar-refractivity contribution in [2.45, 2.75) is 37.8 Å². The number of rotatable bonds is 3. The van der Waals surface area contributed by atoms with Crippen molar-refractivity contribution in [3.05, 3.63) is 71.4 Å². The van der Waals surface area contributed by atoms with Gasteiger partial charge in [-0.25, -0.2) is 0 Å². The minimum Gasteiger partial charge on any atom is -0.351 e. The third-order valence-electron chi connectivity index (χ3n) is 6.60. The van der Waals surface area contributed by atoms with Gasteiger partial charge in [0, 0.05) is 36.6 Å². The van der Waals surface area contributed by atoms with Crippen LogP contribution in [0.2, 0.25) is 0 Å². The van der Waals surface area contributed by atoms with Crippen molar-refractivity contribution in [3.8, 4) is 0 Å². The molecule has 2 aliphatic rings. The molecule has 144 valence electrons. The quantitative estimate of drug-likeness (QED) is 0.757. The van der Waals surface area contributed by atoms with Crippen LogP contribution in [0, 0.1) is 0 Å². The van der Waals surface area contributed by atoms with Crippen molar-refractivity contribution in [1.29, 1.82) is 0 Å². The van der Waals surface area contributed by atoms with Gasteiger partial charge in [0.1, 0.15) is 5.69 Å². The molecule has 1 saturated heterocycles. The number of hydrogen-bond donors (Lipinski definition) is 1. The molecule has 0 spiro atoms. The van der Waals surface area contributed by atoms with Gasteiger partial charge in [0.25, 0.3) is 5.91 Å². The molecule has 1 atom stereocenters. The lowest BCUT2D eigenvalue weighted by atomic mass is 10.0. The average molecular weight is 374 g/mol. The number of amides is 1.